The molecule has 2 amide bonds. The number of anilines is 2. The lowest BCUT2D eigenvalue weighted by Gasteiger charge is -2.27. The van der Waals surface area contributed by atoms with Gasteiger partial charge in [0, 0.05) is 13.0 Å². The predicted octanol–water partition coefficient (Wildman–Crippen LogP) is 3.23. The Hall–Kier alpha value is -3.97. The van der Waals surface area contributed by atoms with E-state index in [0.29, 0.717) is 35.5 Å². The van der Waals surface area contributed by atoms with Crippen LogP contribution in [-0.4, -0.2) is 36.0 Å². The van der Waals surface area contributed by atoms with Crippen molar-refractivity contribution in [2.45, 2.75) is 18.4 Å². The van der Waals surface area contributed by atoms with E-state index in [4.69, 9.17) is 4.74 Å². The molecule has 1 saturated heterocycles. The fraction of sp³-hybridized carbons (Fsp3) is 0.192. The lowest BCUT2D eigenvalue weighted by molar-refractivity contribution is -0.163. The van der Waals surface area contributed by atoms with Gasteiger partial charge in [0.25, 0.3) is 5.91 Å². The van der Waals surface area contributed by atoms with Crippen LogP contribution in [0.1, 0.15) is 24.0 Å². The second-order valence-electron chi connectivity index (χ2n) is 7.73. The third-order valence-corrected chi connectivity index (χ3v) is 5.56. The first-order chi connectivity index (χ1) is 16.0. The van der Waals surface area contributed by atoms with Crippen LogP contribution in [0.3, 0.4) is 0 Å². The molecule has 0 radical (unpaired) electrons. The van der Waals surface area contributed by atoms with Gasteiger partial charge >= 0.3 is 5.97 Å². The number of para-hydroxylation sites is 2. The Labute approximate surface area is 191 Å². The fourth-order valence-corrected chi connectivity index (χ4v) is 3.90. The van der Waals surface area contributed by atoms with Crippen LogP contribution < -0.4 is 10.2 Å². The van der Waals surface area contributed by atoms with Gasteiger partial charge in [0.2, 0.25) is 11.5 Å². The molecule has 1 fully saturated rings. The summed E-state index contributed by atoms with van der Waals surface area (Å²) in [6.07, 6.45) is 1.23. The summed E-state index contributed by atoms with van der Waals surface area (Å²) in [6, 6.07) is 23.8. The third kappa shape index (κ3) is 4.63. The van der Waals surface area contributed by atoms with Crippen molar-refractivity contribution in [3.63, 3.8) is 0 Å². The molecule has 0 unspecified atom stereocenters. The standard InChI is InChI=1S/C26H24N2O5/c29-23(27-21-14-7-8-15-22(21)28-17-9-16-24(28)30)18-33-25(31)26(32,19-10-3-1-4-11-19)20-12-5-2-6-13-20/h1-8,10-15,32H,9,16-18H2,(H,27,29). The minimum absolute atomic E-state index is 0.00101. The van der Waals surface area contributed by atoms with Gasteiger partial charge in [-0.1, -0.05) is 72.8 Å². The van der Waals surface area contributed by atoms with E-state index in [2.05, 4.69) is 5.32 Å². The van der Waals surface area contributed by atoms with Crippen LogP contribution in [0.25, 0.3) is 0 Å². The Balaban J connectivity index is 1.49. The number of aliphatic hydroxyl groups is 1. The second kappa shape index (κ2) is 9.67. The van der Waals surface area contributed by atoms with E-state index < -0.39 is 24.1 Å². The Morgan fingerprint density at radius 2 is 1.48 bits per heavy atom. The number of carbonyl (C=O) groups excluding carboxylic acids is 3. The molecule has 0 saturated carbocycles. The average Bonchev–Trinajstić information content (AvgIpc) is 3.29. The van der Waals surface area contributed by atoms with E-state index in [0.717, 1.165) is 6.42 Å². The molecule has 168 valence electrons. The van der Waals surface area contributed by atoms with Crippen LogP contribution in [-0.2, 0) is 24.7 Å². The summed E-state index contributed by atoms with van der Waals surface area (Å²) in [6.45, 7) is -0.00895. The van der Waals surface area contributed by atoms with Crippen molar-refractivity contribution in [2.24, 2.45) is 0 Å². The summed E-state index contributed by atoms with van der Waals surface area (Å²) in [7, 11) is 0. The smallest absolute Gasteiger partial charge is 0.348 e. The molecule has 3 aromatic rings. The van der Waals surface area contributed by atoms with E-state index >= 15 is 0 Å². The minimum atomic E-state index is -2.07. The van der Waals surface area contributed by atoms with Crippen molar-refractivity contribution in [2.75, 3.05) is 23.4 Å². The summed E-state index contributed by atoms with van der Waals surface area (Å²) < 4.78 is 5.25. The monoisotopic (exact) mass is 444 g/mol. The van der Waals surface area contributed by atoms with E-state index in [9.17, 15) is 19.5 Å². The number of esters is 1. The maximum atomic E-state index is 13.0. The summed E-state index contributed by atoms with van der Waals surface area (Å²) in [5, 5.41) is 14.1. The fourth-order valence-electron chi connectivity index (χ4n) is 3.90. The largest absolute Gasteiger partial charge is 0.453 e. The first-order valence-corrected chi connectivity index (χ1v) is 10.7. The zero-order valence-corrected chi connectivity index (χ0v) is 17.9. The van der Waals surface area contributed by atoms with Crippen molar-refractivity contribution in [1.82, 2.24) is 0 Å². The Morgan fingerprint density at radius 1 is 0.909 bits per heavy atom. The molecule has 1 aliphatic heterocycles. The van der Waals surface area contributed by atoms with Crippen LogP contribution >= 0.6 is 0 Å². The first kappa shape index (κ1) is 22.2. The van der Waals surface area contributed by atoms with Gasteiger partial charge in [0.05, 0.1) is 11.4 Å². The van der Waals surface area contributed by atoms with Gasteiger partial charge < -0.3 is 20.1 Å². The summed E-state index contributed by atoms with van der Waals surface area (Å²) in [5.41, 5.74) is -0.346. The zero-order valence-electron chi connectivity index (χ0n) is 17.9. The minimum Gasteiger partial charge on any atom is -0.453 e. The topological polar surface area (TPSA) is 95.9 Å². The molecule has 0 aliphatic carbocycles. The molecule has 1 aliphatic rings. The lowest BCUT2D eigenvalue weighted by Crippen LogP contribution is -2.40. The van der Waals surface area contributed by atoms with Gasteiger partial charge in [-0.05, 0) is 29.7 Å². The van der Waals surface area contributed by atoms with Gasteiger partial charge in [-0.15, -0.1) is 0 Å². The van der Waals surface area contributed by atoms with Crippen LogP contribution in [0.15, 0.2) is 84.9 Å². The van der Waals surface area contributed by atoms with Gasteiger partial charge in [-0.25, -0.2) is 4.79 Å². The van der Waals surface area contributed by atoms with Gasteiger partial charge in [0.1, 0.15) is 0 Å². The number of nitrogens with one attached hydrogen (secondary N) is 1. The highest BCUT2D eigenvalue weighted by Crippen LogP contribution is 2.32. The molecule has 3 aromatic carbocycles. The molecule has 0 aromatic heterocycles. The number of hydrogen-bond acceptors (Lipinski definition) is 5. The molecule has 33 heavy (non-hydrogen) atoms. The number of benzene rings is 3. The van der Waals surface area contributed by atoms with Crippen molar-refractivity contribution >= 4 is 29.2 Å². The maximum Gasteiger partial charge on any atom is 0.348 e. The number of carbonyl (C=O) groups is 3. The number of ether oxygens (including phenoxy) is 1. The van der Waals surface area contributed by atoms with Crippen molar-refractivity contribution in [3.8, 4) is 0 Å². The Morgan fingerprint density at radius 3 is 2.06 bits per heavy atom. The van der Waals surface area contributed by atoms with E-state index in [-0.39, 0.29) is 5.91 Å². The summed E-state index contributed by atoms with van der Waals surface area (Å²) in [5.74, 6) is -1.54. The number of hydrogen-bond donors (Lipinski definition) is 2. The molecule has 7 heteroatoms. The molecule has 0 spiro atoms. The molecular formula is C26H24N2O5. The molecule has 4 rings (SSSR count). The number of nitrogens with zero attached hydrogens (tertiary/aromatic N) is 1. The summed E-state index contributed by atoms with van der Waals surface area (Å²) in [4.78, 5) is 39.4. The highest BCUT2D eigenvalue weighted by molar-refractivity contribution is 6.02. The molecule has 7 nitrogen and oxygen atoms in total. The lowest BCUT2D eigenvalue weighted by atomic mass is 9.86. The molecule has 0 bridgehead atoms. The summed E-state index contributed by atoms with van der Waals surface area (Å²) >= 11 is 0. The van der Waals surface area contributed by atoms with E-state index in [1.807, 2.05) is 0 Å². The van der Waals surface area contributed by atoms with Crippen LogP contribution in [0.4, 0.5) is 11.4 Å². The van der Waals surface area contributed by atoms with Crippen molar-refractivity contribution < 1.29 is 24.2 Å². The van der Waals surface area contributed by atoms with Gasteiger partial charge in [-0.3, -0.25) is 9.59 Å². The highest BCUT2D eigenvalue weighted by atomic mass is 16.6. The zero-order chi connectivity index (χ0) is 23.3. The molecule has 0 atom stereocenters. The van der Waals surface area contributed by atoms with Crippen LogP contribution in [0.5, 0.6) is 0 Å². The van der Waals surface area contributed by atoms with Crippen LogP contribution in [0.2, 0.25) is 0 Å². The quantitative estimate of drug-likeness (QED) is 0.546. The molecule has 2 N–H and O–H groups in total. The normalized spacial score (nSPS) is 13.6. The SMILES string of the molecule is O=C(COC(=O)C(O)(c1ccccc1)c1ccccc1)Nc1ccccc1N1CCCC1=O. The van der Waals surface area contributed by atoms with Crippen molar-refractivity contribution in [1.29, 1.82) is 0 Å². The average molecular weight is 444 g/mol. The molecular weight excluding hydrogens is 420 g/mol. The van der Waals surface area contributed by atoms with Crippen LogP contribution in [0, 0.1) is 0 Å². The Bertz CT molecular complexity index is 1110. The number of rotatable bonds is 7. The van der Waals surface area contributed by atoms with Gasteiger partial charge in [0.15, 0.2) is 6.61 Å². The van der Waals surface area contributed by atoms with E-state index in [1.165, 1.54) is 0 Å². The molecule has 1 heterocycles. The predicted molar refractivity (Wildman–Crippen MR) is 124 cm³/mol. The van der Waals surface area contributed by atoms with E-state index in [1.54, 1.807) is 89.8 Å². The van der Waals surface area contributed by atoms with Crippen molar-refractivity contribution in [3.05, 3.63) is 96.1 Å². The third-order valence-electron chi connectivity index (χ3n) is 5.56. The Kier molecular flexibility index (Phi) is 6.51. The number of amides is 2. The second-order valence-corrected chi connectivity index (χ2v) is 7.73. The maximum absolute atomic E-state index is 13.0. The highest BCUT2D eigenvalue weighted by Gasteiger charge is 2.41. The van der Waals surface area contributed by atoms with Gasteiger partial charge in [-0.2, -0.15) is 0 Å². The first-order valence-electron chi connectivity index (χ1n) is 10.7.